The first-order valence-corrected chi connectivity index (χ1v) is 8.99. The van der Waals surface area contributed by atoms with Gasteiger partial charge in [0.1, 0.15) is 0 Å². The minimum Gasteiger partial charge on any atom is -0.324 e. The highest BCUT2D eigenvalue weighted by Gasteiger charge is 2.14. The lowest BCUT2D eigenvalue weighted by Crippen LogP contribution is -2.14. The highest BCUT2D eigenvalue weighted by molar-refractivity contribution is 7.99. The Balaban J connectivity index is 1.70. The lowest BCUT2D eigenvalue weighted by atomic mass is 10.1. The van der Waals surface area contributed by atoms with Crippen molar-refractivity contribution in [2.75, 3.05) is 11.1 Å². The van der Waals surface area contributed by atoms with E-state index in [1.807, 2.05) is 23.6 Å². The number of aryl methyl sites for hydroxylation is 1. The van der Waals surface area contributed by atoms with Gasteiger partial charge in [-0.2, -0.15) is 0 Å². The van der Waals surface area contributed by atoms with Crippen molar-refractivity contribution in [3.63, 3.8) is 0 Å². The van der Waals surface area contributed by atoms with Crippen LogP contribution in [-0.2, 0) is 11.3 Å². The van der Waals surface area contributed by atoms with Gasteiger partial charge < -0.3 is 9.88 Å². The summed E-state index contributed by atoms with van der Waals surface area (Å²) < 4.78 is 2.02. The number of nitrogens with zero attached hydrogens (tertiary/aromatic N) is 4. The summed E-state index contributed by atoms with van der Waals surface area (Å²) in [6, 6.07) is 11.7. The maximum Gasteiger partial charge on any atom is 0.234 e. The van der Waals surface area contributed by atoms with Crippen molar-refractivity contribution in [2.24, 2.45) is 0 Å². The van der Waals surface area contributed by atoms with Crippen molar-refractivity contribution in [1.82, 2.24) is 19.7 Å². The second kappa shape index (κ2) is 7.94. The maximum absolute atomic E-state index is 12.1. The Morgan fingerprint density at radius 2 is 2.12 bits per heavy atom. The third kappa shape index (κ3) is 4.24. The number of benzene rings is 1. The number of aromatic nitrogens is 4. The monoisotopic (exact) mass is 353 g/mol. The molecule has 0 saturated heterocycles. The normalized spacial score (nSPS) is 10.6. The lowest BCUT2D eigenvalue weighted by Gasteiger charge is -2.08. The molecule has 7 heteroatoms. The Morgan fingerprint density at radius 3 is 2.84 bits per heavy atom. The van der Waals surface area contributed by atoms with Crippen LogP contribution in [0.4, 0.5) is 5.69 Å². The molecule has 0 aliphatic carbocycles. The van der Waals surface area contributed by atoms with Gasteiger partial charge in [0.15, 0.2) is 11.0 Å². The second-order valence-electron chi connectivity index (χ2n) is 5.50. The van der Waals surface area contributed by atoms with Gasteiger partial charge >= 0.3 is 0 Å². The van der Waals surface area contributed by atoms with Crippen LogP contribution >= 0.6 is 11.8 Å². The quantitative estimate of drug-likeness (QED) is 0.688. The summed E-state index contributed by atoms with van der Waals surface area (Å²) in [7, 11) is 0. The molecule has 0 spiro atoms. The Kier molecular flexibility index (Phi) is 5.45. The number of pyridine rings is 1. The molecule has 0 aliphatic rings. The first-order chi connectivity index (χ1) is 12.2. The zero-order valence-corrected chi connectivity index (χ0v) is 15.0. The number of nitrogens with one attached hydrogen (secondary N) is 1. The number of rotatable bonds is 6. The average molecular weight is 353 g/mol. The molecule has 3 aromatic rings. The molecule has 0 saturated carbocycles. The number of carbonyl (C=O) groups excluding carboxylic acids is 1. The molecule has 3 rings (SSSR count). The fraction of sp³-hybridized carbons (Fsp3) is 0.222. The topological polar surface area (TPSA) is 72.7 Å². The van der Waals surface area contributed by atoms with E-state index in [0.717, 1.165) is 23.1 Å². The smallest absolute Gasteiger partial charge is 0.234 e. The van der Waals surface area contributed by atoms with Crippen molar-refractivity contribution in [3.05, 3.63) is 54.4 Å². The number of thioether (sulfide) groups is 1. The van der Waals surface area contributed by atoms with Crippen LogP contribution in [0, 0.1) is 6.92 Å². The van der Waals surface area contributed by atoms with Crippen LogP contribution in [0.1, 0.15) is 12.5 Å². The first kappa shape index (κ1) is 17.2. The highest BCUT2D eigenvalue weighted by Crippen LogP contribution is 2.24. The summed E-state index contributed by atoms with van der Waals surface area (Å²) in [6.45, 7) is 4.83. The van der Waals surface area contributed by atoms with Gasteiger partial charge in [-0.1, -0.05) is 35.5 Å². The van der Waals surface area contributed by atoms with E-state index in [-0.39, 0.29) is 11.7 Å². The molecular formula is C18H19N5OS. The number of carbonyl (C=O) groups is 1. The molecule has 0 atom stereocenters. The second-order valence-corrected chi connectivity index (χ2v) is 6.44. The molecule has 1 N–H and O–H groups in total. The molecular weight excluding hydrogens is 334 g/mol. The van der Waals surface area contributed by atoms with Gasteiger partial charge in [0.05, 0.1) is 17.6 Å². The lowest BCUT2D eigenvalue weighted by molar-refractivity contribution is -0.113. The molecule has 0 radical (unpaired) electrons. The number of anilines is 1. The predicted octanol–water partition coefficient (Wildman–Crippen LogP) is 3.40. The average Bonchev–Trinajstić information content (AvgIpc) is 3.04. The summed E-state index contributed by atoms with van der Waals surface area (Å²) >= 11 is 1.38. The summed E-state index contributed by atoms with van der Waals surface area (Å²) in [4.78, 5) is 16.1. The molecule has 2 heterocycles. The van der Waals surface area contributed by atoms with Crippen LogP contribution < -0.4 is 5.32 Å². The molecule has 25 heavy (non-hydrogen) atoms. The maximum atomic E-state index is 12.1. The molecule has 0 aliphatic heterocycles. The van der Waals surface area contributed by atoms with E-state index in [9.17, 15) is 4.79 Å². The molecule has 1 amide bonds. The third-order valence-electron chi connectivity index (χ3n) is 3.59. The van der Waals surface area contributed by atoms with Crippen LogP contribution in [-0.4, -0.2) is 31.4 Å². The van der Waals surface area contributed by atoms with Crippen LogP contribution in [0.2, 0.25) is 0 Å². The standard InChI is InChI=1S/C18H19N5OS/c1-3-23-17(14-7-4-6-13(2)10-14)21-22-18(23)25-12-16(24)20-15-8-5-9-19-11-15/h4-11H,3,12H2,1-2H3,(H,20,24). The molecule has 0 bridgehead atoms. The molecule has 0 unspecified atom stereocenters. The summed E-state index contributed by atoms with van der Waals surface area (Å²) in [5, 5.41) is 12.1. The number of hydrogen-bond donors (Lipinski definition) is 1. The zero-order chi connectivity index (χ0) is 17.6. The summed E-state index contributed by atoms with van der Waals surface area (Å²) in [6.07, 6.45) is 3.29. The van der Waals surface area contributed by atoms with E-state index in [2.05, 4.69) is 39.6 Å². The van der Waals surface area contributed by atoms with Gasteiger partial charge in [-0.15, -0.1) is 10.2 Å². The van der Waals surface area contributed by atoms with Gasteiger partial charge in [0, 0.05) is 18.3 Å². The molecule has 6 nitrogen and oxygen atoms in total. The third-order valence-corrected chi connectivity index (χ3v) is 4.55. The first-order valence-electron chi connectivity index (χ1n) is 8.00. The largest absolute Gasteiger partial charge is 0.324 e. The Labute approximate surface area is 150 Å². The van der Waals surface area contributed by atoms with Gasteiger partial charge in [0.2, 0.25) is 5.91 Å². The van der Waals surface area contributed by atoms with Crippen molar-refractivity contribution in [3.8, 4) is 11.4 Å². The van der Waals surface area contributed by atoms with E-state index in [4.69, 9.17) is 0 Å². The van der Waals surface area contributed by atoms with Gasteiger partial charge in [-0.3, -0.25) is 9.78 Å². The van der Waals surface area contributed by atoms with Gasteiger partial charge in [-0.25, -0.2) is 0 Å². The van der Waals surface area contributed by atoms with Crippen molar-refractivity contribution >= 4 is 23.4 Å². The number of hydrogen-bond acceptors (Lipinski definition) is 5. The fourth-order valence-electron chi connectivity index (χ4n) is 2.44. The Bertz CT molecular complexity index is 863. The van der Waals surface area contributed by atoms with E-state index < -0.39 is 0 Å². The van der Waals surface area contributed by atoms with Crippen molar-refractivity contribution < 1.29 is 4.79 Å². The van der Waals surface area contributed by atoms with Gasteiger partial charge in [-0.05, 0) is 32.0 Å². The Hall–Kier alpha value is -2.67. The molecule has 0 fully saturated rings. The van der Waals surface area contributed by atoms with Crippen LogP contribution in [0.3, 0.4) is 0 Å². The van der Waals surface area contributed by atoms with E-state index in [1.54, 1.807) is 24.5 Å². The minimum absolute atomic E-state index is 0.0965. The number of amides is 1. The Morgan fingerprint density at radius 1 is 1.24 bits per heavy atom. The highest BCUT2D eigenvalue weighted by atomic mass is 32.2. The molecule has 128 valence electrons. The SMILES string of the molecule is CCn1c(SCC(=O)Nc2cccnc2)nnc1-c1cccc(C)c1. The summed E-state index contributed by atoms with van der Waals surface area (Å²) in [5.74, 6) is 0.989. The van der Waals surface area contributed by atoms with Crippen molar-refractivity contribution in [1.29, 1.82) is 0 Å². The van der Waals surface area contributed by atoms with Crippen LogP contribution in [0.5, 0.6) is 0 Å². The minimum atomic E-state index is -0.0965. The predicted molar refractivity (Wildman–Crippen MR) is 99.5 cm³/mol. The van der Waals surface area contributed by atoms with E-state index in [0.29, 0.717) is 5.69 Å². The van der Waals surface area contributed by atoms with Crippen molar-refractivity contribution in [2.45, 2.75) is 25.5 Å². The zero-order valence-electron chi connectivity index (χ0n) is 14.1. The van der Waals surface area contributed by atoms with E-state index in [1.165, 1.54) is 17.3 Å². The fourth-order valence-corrected chi connectivity index (χ4v) is 3.24. The van der Waals surface area contributed by atoms with E-state index >= 15 is 0 Å². The molecule has 1 aromatic carbocycles. The van der Waals surface area contributed by atoms with Gasteiger partial charge in [0.25, 0.3) is 0 Å². The van der Waals surface area contributed by atoms with Crippen LogP contribution in [0.25, 0.3) is 11.4 Å². The molecule has 2 aromatic heterocycles. The van der Waals surface area contributed by atoms with Crippen LogP contribution in [0.15, 0.2) is 53.9 Å². The summed E-state index contributed by atoms with van der Waals surface area (Å²) in [5.41, 5.74) is 2.89.